The first kappa shape index (κ1) is 9.59. The van der Waals surface area contributed by atoms with Crippen LogP contribution < -0.4 is 5.32 Å². The van der Waals surface area contributed by atoms with Gasteiger partial charge in [0, 0.05) is 18.9 Å². The van der Waals surface area contributed by atoms with Gasteiger partial charge in [0.25, 0.3) is 0 Å². The molecule has 0 bridgehead atoms. The zero-order chi connectivity index (χ0) is 9.80. The highest BCUT2D eigenvalue weighted by Crippen LogP contribution is 2.25. The maximum atomic E-state index is 4.29. The van der Waals surface area contributed by atoms with E-state index in [1.807, 2.05) is 19.3 Å². The van der Waals surface area contributed by atoms with Crippen molar-refractivity contribution in [1.29, 1.82) is 0 Å². The largest absolute Gasteiger partial charge is 0.311 e. The molecule has 0 amide bonds. The Bertz CT molecular complexity index is 277. The molecule has 1 fully saturated rings. The molecule has 0 aromatic carbocycles. The number of hydrogen-bond donors (Lipinski definition) is 1. The van der Waals surface area contributed by atoms with E-state index in [-0.39, 0.29) is 0 Å². The van der Waals surface area contributed by atoms with Gasteiger partial charge in [-0.05, 0) is 32.2 Å². The zero-order valence-electron chi connectivity index (χ0n) is 8.66. The minimum Gasteiger partial charge on any atom is -0.311 e. The van der Waals surface area contributed by atoms with Gasteiger partial charge in [-0.1, -0.05) is 6.42 Å². The second-order valence-corrected chi connectivity index (χ2v) is 4.08. The summed E-state index contributed by atoms with van der Waals surface area (Å²) < 4.78 is 0. The van der Waals surface area contributed by atoms with Gasteiger partial charge in [0.1, 0.15) is 0 Å². The van der Waals surface area contributed by atoms with Crippen molar-refractivity contribution in [1.82, 2.24) is 15.3 Å². The Labute approximate surface area is 85.0 Å². The topological polar surface area (TPSA) is 37.8 Å². The molecule has 1 aliphatic rings. The number of hydrogen-bond acceptors (Lipinski definition) is 3. The van der Waals surface area contributed by atoms with Crippen LogP contribution in [-0.4, -0.2) is 16.5 Å². The quantitative estimate of drug-likeness (QED) is 0.786. The van der Waals surface area contributed by atoms with Crippen LogP contribution in [0.2, 0.25) is 0 Å². The molecule has 1 aromatic rings. The van der Waals surface area contributed by atoms with E-state index in [0.717, 1.165) is 30.4 Å². The zero-order valence-corrected chi connectivity index (χ0v) is 8.66. The molecule has 14 heavy (non-hydrogen) atoms. The molecule has 0 atom stereocenters. The van der Waals surface area contributed by atoms with Crippen LogP contribution in [0.4, 0.5) is 0 Å². The highest BCUT2D eigenvalue weighted by atomic mass is 14.9. The summed E-state index contributed by atoms with van der Waals surface area (Å²) in [6.07, 6.45) is 7.87. The first-order valence-corrected chi connectivity index (χ1v) is 5.33. The smallest absolute Gasteiger partial charge is 0.0724 e. The maximum absolute atomic E-state index is 4.29. The summed E-state index contributed by atoms with van der Waals surface area (Å²) in [6, 6.07) is 0. The predicted molar refractivity (Wildman–Crippen MR) is 55.8 cm³/mol. The third kappa shape index (κ3) is 2.51. The van der Waals surface area contributed by atoms with Crippen LogP contribution in [0.25, 0.3) is 0 Å². The summed E-state index contributed by atoms with van der Waals surface area (Å²) in [6.45, 7) is 3.94. The summed E-state index contributed by atoms with van der Waals surface area (Å²) in [5.41, 5.74) is 2.02. The fourth-order valence-corrected chi connectivity index (χ4v) is 1.61. The molecule has 0 unspecified atom stereocenters. The minimum absolute atomic E-state index is 0.851. The number of nitrogens with one attached hydrogen (secondary N) is 1. The fraction of sp³-hybridized carbons (Fsp3) is 0.636. The van der Waals surface area contributed by atoms with Gasteiger partial charge in [-0.25, -0.2) is 0 Å². The Hall–Kier alpha value is -0.960. The van der Waals surface area contributed by atoms with E-state index in [0.29, 0.717) is 0 Å². The average molecular weight is 191 g/mol. The molecule has 2 rings (SSSR count). The monoisotopic (exact) mass is 191 g/mol. The van der Waals surface area contributed by atoms with Crippen molar-refractivity contribution in [2.24, 2.45) is 5.92 Å². The van der Waals surface area contributed by atoms with E-state index in [1.165, 1.54) is 19.3 Å². The second kappa shape index (κ2) is 4.51. The molecule has 76 valence electrons. The fourth-order valence-electron chi connectivity index (χ4n) is 1.61. The first-order valence-electron chi connectivity index (χ1n) is 5.33. The Morgan fingerprint density at radius 3 is 2.79 bits per heavy atom. The summed E-state index contributed by atoms with van der Waals surface area (Å²) >= 11 is 0. The van der Waals surface area contributed by atoms with E-state index in [4.69, 9.17) is 0 Å². The van der Waals surface area contributed by atoms with E-state index in [2.05, 4.69) is 15.3 Å². The number of nitrogens with zero attached hydrogens (tertiary/aromatic N) is 2. The molecule has 1 saturated carbocycles. The maximum Gasteiger partial charge on any atom is 0.0724 e. The van der Waals surface area contributed by atoms with Crippen LogP contribution >= 0.6 is 0 Å². The Kier molecular flexibility index (Phi) is 3.09. The summed E-state index contributed by atoms with van der Waals surface area (Å²) in [5.74, 6) is 0.911. The first-order chi connectivity index (χ1) is 6.84. The van der Waals surface area contributed by atoms with Crippen molar-refractivity contribution in [3.05, 3.63) is 23.8 Å². The van der Waals surface area contributed by atoms with Crippen molar-refractivity contribution in [2.45, 2.75) is 32.7 Å². The molecule has 0 aliphatic heterocycles. The molecule has 3 heteroatoms. The lowest BCUT2D eigenvalue weighted by atomic mass is 9.85. The third-order valence-electron chi connectivity index (χ3n) is 2.80. The lowest BCUT2D eigenvalue weighted by Crippen LogP contribution is -2.27. The summed E-state index contributed by atoms with van der Waals surface area (Å²) in [4.78, 5) is 8.50. The molecule has 0 saturated heterocycles. The number of aromatic nitrogens is 2. The number of rotatable bonds is 4. The van der Waals surface area contributed by atoms with Gasteiger partial charge < -0.3 is 5.32 Å². The van der Waals surface area contributed by atoms with Gasteiger partial charge in [-0.3, -0.25) is 9.97 Å². The molecule has 0 spiro atoms. The third-order valence-corrected chi connectivity index (χ3v) is 2.80. The van der Waals surface area contributed by atoms with Crippen molar-refractivity contribution >= 4 is 0 Å². The van der Waals surface area contributed by atoms with Crippen LogP contribution in [0.3, 0.4) is 0 Å². The van der Waals surface area contributed by atoms with Crippen LogP contribution in [0.15, 0.2) is 12.4 Å². The van der Waals surface area contributed by atoms with Crippen molar-refractivity contribution in [2.75, 3.05) is 6.54 Å². The predicted octanol–water partition coefficient (Wildman–Crippen LogP) is 1.67. The SMILES string of the molecule is Cc1cnc(CNCC2CCC2)cn1. The van der Waals surface area contributed by atoms with Gasteiger partial charge in [0.2, 0.25) is 0 Å². The lowest BCUT2D eigenvalue weighted by molar-refractivity contribution is 0.301. The molecule has 0 radical (unpaired) electrons. The van der Waals surface area contributed by atoms with Crippen LogP contribution in [0.1, 0.15) is 30.7 Å². The average Bonchev–Trinajstić information content (AvgIpc) is 2.12. The highest BCUT2D eigenvalue weighted by molar-refractivity contribution is 5.00. The number of aryl methyl sites for hydroxylation is 1. The Balaban J connectivity index is 1.71. The van der Waals surface area contributed by atoms with Gasteiger partial charge in [0.15, 0.2) is 0 Å². The van der Waals surface area contributed by atoms with E-state index in [9.17, 15) is 0 Å². The normalized spacial score (nSPS) is 16.6. The van der Waals surface area contributed by atoms with Gasteiger partial charge in [-0.15, -0.1) is 0 Å². The molecular formula is C11H17N3. The molecule has 1 N–H and O–H groups in total. The lowest BCUT2D eigenvalue weighted by Gasteiger charge is -2.25. The molecular weight excluding hydrogens is 174 g/mol. The highest BCUT2D eigenvalue weighted by Gasteiger charge is 2.16. The molecule has 1 aliphatic carbocycles. The van der Waals surface area contributed by atoms with Crippen LogP contribution in [0, 0.1) is 12.8 Å². The van der Waals surface area contributed by atoms with Crippen molar-refractivity contribution < 1.29 is 0 Å². The van der Waals surface area contributed by atoms with E-state index >= 15 is 0 Å². The standard InChI is InChI=1S/C11H17N3/c1-9-5-14-11(8-13-9)7-12-6-10-3-2-4-10/h5,8,10,12H,2-4,6-7H2,1H3. The molecule has 3 nitrogen and oxygen atoms in total. The van der Waals surface area contributed by atoms with Crippen LogP contribution in [-0.2, 0) is 6.54 Å². The molecule has 1 aromatic heterocycles. The van der Waals surface area contributed by atoms with Gasteiger partial charge in [-0.2, -0.15) is 0 Å². The Morgan fingerprint density at radius 2 is 2.21 bits per heavy atom. The summed E-state index contributed by atoms with van der Waals surface area (Å²) in [7, 11) is 0. The van der Waals surface area contributed by atoms with Crippen molar-refractivity contribution in [3.8, 4) is 0 Å². The van der Waals surface area contributed by atoms with Gasteiger partial charge >= 0.3 is 0 Å². The van der Waals surface area contributed by atoms with E-state index in [1.54, 1.807) is 0 Å². The van der Waals surface area contributed by atoms with Crippen LogP contribution in [0.5, 0.6) is 0 Å². The van der Waals surface area contributed by atoms with Gasteiger partial charge in [0.05, 0.1) is 11.4 Å². The van der Waals surface area contributed by atoms with E-state index < -0.39 is 0 Å². The second-order valence-electron chi connectivity index (χ2n) is 4.08. The summed E-state index contributed by atoms with van der Waals surface area (Å²) in [5, 5.41) is 3.42. The Morgan fingerprint density at radius 1 is 1.36 bits per heavy atom. The minimum atomic E-state index is 0.851. The molecule has 1 heterocycles. The van der Waals surface area contributed by atoms with Crippen molar-refractivity contribution in [3.63, 3.8) is 0 Å².